The lowest BCUT2D eigenvalue weighted by Crippen LogP contribution is -2.30. The van der Waals surface area contributed by atoms with Gasteiger partial charge in [0, 0.05) is 11.8 Å². The fourth-order valence-corrected chi connectivity index (χ4v) is 2.96. The molecule has 0 saturated heterocycles. The number of amides is 1. The number of carbonyl (C=O) groups is 1. The summed E-state index contributed by atoms with van der Waals surface area (Å²) in [6, 6.07) is 22.8. The minimum atomic E-state index is -0.631. The first-order valence-electron chi connectivity index (χ1n) is 9.97. The van der Waals surface area contributed by atoms with Gasteiger partial charge >= 0.3 is 0 Å². The lowest BCUT2D eigenvalue weighted by Gasteiger charge is -2.18. The third-order valence-electron chi connectivity index (χ3n) is 4.54. The van der Waals surface area contributed by atoms with Gasteiger partial charge in [-0.2, -0.15) is 0 Å². The first-order valence-corrected chi connectivity index (χ1v) is 9.97. The first kappa shape index (κ1) is 21.2. The van der Waals surface area contributed by atoms with Crippen molar-refractivity contribution >= 4 is 11.6 Å². The zero-order valence-corrected chi connectivity index (χ0v) is 17.6. The number of carbonyl (C=O) groups excluding carboxylic acids is 1. The van der Waals surface area contributed by atoms with Crippen LogP contribution in [-0.2, 0) is 4.79 Å². The molecule has 5 nitrogen and oxygen atoms in total. The summed E-state index contributed by atoms with van der Waals surface area (Å²) in [6.45, 7) is 6.51. The molecule has 0 aromatic heterocycles. The molecule has 3 rings (SSSR count). The average Bonchev–Trinajstić information content (AvgIpc) is 2.75. The minimum absolute atomic E-state index is 0.220. The van der Waals surface area contributed by atoms with E-state index in [-0.39, 0.29) is 5.91 Å². The third kappa shape index (κ3) is 6.01. The van der Waals surface area contributed by atoms with Crippen LogP contribution in [0.4, 0.5) is 5.69 Å². The van der Waals surface area contributed by atoms with E-state index in [4.69, 9.17) is 14.2 Å². The Morgan fingerprint density at radius 2 is 1.43 bits per heavy atom. The van der Waals surface area contributed by atoms with Crippen molar-refractivity contribution in [2.75, 3.05) is 18.5 Å². The Hall–Kier alpha value is -3.47. The molecule has 5 heteroatoms. The highest BCUT2D eigenvalue weighted by molar-refractivity contribution is 5.94. The molecular formula is C25H27NO4. The van der Waals surface area contributed by atoms with Crippen LogP contribution in [0.1, 0.15) is 18.1 Å². The highest BCUT2D eigenvalue weighted by Crippen LogP contribution is 2.24. The van der Waals surface area contributed by atoms with Crippen LogP contribution < -0.4 is 19.5 Å². The van der Waals surface area contributed by atoms with Crippen molar-refractivity contribution in [3.05, 3.63) is 83.9 Å². The summed E-state index contributed by atoms with van der Waals surface area (Å²) in [5.41, 5.74) is 2.66. The SMILES string of the molecule is Cc1cccc(C)c1OC(C)C(=O)Nc1cccc(OCCOc2ccccc2)c1. The third-order valence-corrected chi connectivity index (χ3v) is 4.54. The number of benzene rings is 3. The number of hydrogen-bond acceptors (Lipinski definition) is 4. The number of para-hydroxylation sites is 2. The fourth-order valence-electron chi connectivity index (χ4n) is 2.96. The molecule has 0 aliphatic carbocycles. The smallest absolute Gasteiger partial charge is 0.265 e. The Morgan fingerprint density at radius 3 is 2.13 bits per heavy atom. The quantitative estimate of drug-likeness (QED) is 0.499. The molecule has 3 aromatic rings. The van der Waals surface area contributed by atoms with Gasteiger partial charge in [-0.1, -0.05) is 42.5 Å². The maximum atomic E-state index is 12.6. The van der Waals surface area contributed by atoms with Crippen LogP contribution in [0.25, 0.3) is 0 Å². The van der Waals surface area contributed by atoms with Gasteiger partial charge in [-0.3, -0.25) is 4.79 Å². The first-order chi connectivity index (χ1) is 14.5. The molecule has 1 N–H and O–H groups in total. The second-order valence-corrected chi connectivity index (χ2v) is 7.01. The second-order valence-electron chi connectivity index (χ2n) is 7.01. The van der Waals surface area contributed by atoms with Crippen LogP contribution in [0.3, 0.4) is 0 Å². The van der Waals surface area contributed by atoms with E-state index in [9.17, 15) is 4.79 Å². The summed E-state index contributed by atoms with van der Waals surface area (Å²) in [5, 5.41) is 2.88. The molecule has 0 aliphatic heterocycles. The van der Waals surface area contributed by atoms with Crippen LogP contribution in [0.2, 0.25) is 0 Å². The van der Waals surface area contributed by atoms with Gasteiger partial charge < -0.3 is 19.5 Å². The van der Waals surface area contributed by atoms with E-state index in [0.717, 1.165) is 22.6 Å². The monoisotopic (exact) mass is 405 g/mol. The second kappa shape index (κ2) is 10.3. The number of hydrogen-bond donors (Lipinski definition) is 1. The minimum Gasteiger partial charge on any atom is -0.490 e. The summed E-state index contributed by atoms with van der Waals surface area (Å²) < 4.78 is 17.3. The number of nitrogens with one attached hydrogen (secondary N) is 1. The van der Waals surface area contributed by atoms with Gasteiger partial charge in [-0.15, -0.1) is 0 Å². The van der Waals surface area contributed by atoms with Crippen molar-refractivity contribution in [3.63, 3.8) is 0 Å². The van der Waals surface area contributed by atoms with Crippen molar-refractivity contribution in [1.29, 1.82) is 0 Å². The van der Waals surface area contributed by atoms with Crippen molar-refractivity contribution in [2.45, 2.75) is 26.9 Å². The number of rotatable bonds is 9. The van der Waals surface area contributed by atoms with E-state index in [2.05, 4.69) is 5.32 Å². The molecule has 0 bridgehead atoms. The van der Waals surface area contributed by atoms with Gasteiger partial charge in [0.15, 0.2) is 6.10 Å². The van der Waals surface area contributed by atoms with Crippen molar-refractivity contribution in [3.8, 4) is 17.2 Å². The largest absolute Gasteiger partial charge is 0.490 e. The average molecular weight is 405 g/mol. The van der Waals surface area contributed by atoms with Gasteiger partial charge in [0.25, 0.3) is 5.91 Å². The molecule has 1 unspecified atom stereocenters. The number of aryl methyl sites for hydroxylation is 2. The Bertz CT molecular complexity index is 952. The van der Waals surface area contributed by atoms with E-state index >= 15 is 0 Å². The van der Waals surface area contributed by atoms with Gasteiger partial charge in [-0.05, 0) is 56.2 Å². The fraction of sp³-hybridized carbons (Fsp3) is 0.240. The van der Waals surface area contributed by atoms with Crippen LogP contribution in [0, 0.1) is 13.8 Å². The van der Waals surface area contributed by atoms with Crippen molar-refractivity contribution < 1.29 is 19.0 Å². The van der Waals surface area contributed by atoms with Crippen LogP contribution in [0.15, 0.2) is 72.8 Å². The molecule has 0 spiro atoms. The summed E-state index contributed by atoms with van der Waals surface area (Å²) >= 11 is 0. The maximum Gasteiger partial charge on any atom is 0.265 e. The summed E-state index contributed by atoms with van der Waals surface area (Å²) in [5.74, 6) is 1.99. The topological polar surface area (TPSA) is 56.8 Å². The van der Waals surface area contributed by atoms with Gasteiger partial charge in [0.05, 0.1) is 0 Å². The lowest BCUT2D eigenvalue weighted by atomic mass is 10.1. The Morgan fingerprint density at radius 1 is 0.833 bits per heavy atom. The van der Waals surface area contributed by atoms with Crippen LogP contribution in [-0.4, -0.2) is 25.2 Å². The molecule has 0 fully saturated rings. The lowest BCUT2D eigenvalue weighted by molar-refractivity contribution is -0.122. The summed E-state index contributed by atoms with van der Waals surface area (Å²) in [7, 11) is 0. The van der Waals surface area contributed by atoms with Gasteiger partial charge in [0.1, 0.15) is 30.5 Å². The zero-order chi connectivity index (χ0) is 21.3. The standard InChI is InChI=1S/C25H27NO4/c1-18-9-7-10-19(2)24(18)30-20(3)25(27)26-21-11-8-14-23(17-21)29-16-15-28-22-12-5-4-6-13-22/h4-14,17,20H,15-16H2,1-3H3,(H,26,27). The zero-order valence-electron chi connectivity index (χ0n) is 17.6. The molecule has 156 valence electrons. The molecule has 1 atom stereocenters. The predicted octanol–water partition coefficient (Wildman–Crippen LogP) is 5.17. The van der Waals surface area contributed by atoms with E-state index in [1.54, 1.807) is 13.0 Å². The number of ether oxygens (including phenoxy) is 3. The van der Waals surface area contributed by atoms with E-state index in [0.29, 0.717) is 24.7 Å². The van der Waals surface area contributed by atoms with Gasteiger partial charge in [0.2, 0.25) is 0 Å². The molecular weight excluding hydrogens is 378 g/mol. The molecule has 0 saturated carbocycles. The Labute approximate surface area is 177 Å². The van der Waals surface area contributed by atoms with Crippen LogP contribution in [0.5, 0.6) is 17.2 Å². The normalized spacial score (nSPS) is 11.4. The number of anilines is 1. The highest BCUT2D eigenvalue weighted by atomic mass is 16.5. The summed E-state index contributed by atoms with van der Waals surface area (Å²) in [6.07, 6.45) is -0.631. The van der Waals surface area contributed by atoms with E-state index in [1.807, 2.05) is 80.6 Å². The molecule has 0 radical (unpaired) electrons. The Balaban J connectivity index is 1.50. The van der Waals surface area contributed by atoms with E-state index in [1.165, 1.54) is 0 Å². The predicted molar refractivity (Wildman–Crippen MR) is 119 cm³/mol. The Kier molecular flexibility index (Phi) is 7.33. The maximum absolute atomic E-state index is 12.6. The van der Waals surface area contributed by atoms with Crippen molar-refractivity contribution in [1.82, 2.24) is 0 Å². The van der Waals surface area contributed by atoms with Crippen molar-refractivity contribution in [2.24, 2.45) is 0 Å². The summed E-state index contributed by atoms with van der Waals surface area (Å²) in [4.78, 5) is 12.6. The molecule has 30 heavy (non-hydrogen) atoms. The van der Waals surface area contributed by atoms with E-state index < -0.39 is 6.10 Å². The molecule has 0 aliphatic rings. The molecule has 0 heterocycles. The molecule has 3 aromatic carbocycles. The highest BCUT2D eigenvalue weighted by Gasteiger charge is 2.17. The molecule has 1 amide bonds. The van der Waals surface area contributed by atoms with Gasteiger partial charge in [-0.25, -0.2) is 0 Å². The van der Waals surface area contributed by atoms with Crippen LogP contribution >= 0.6 is 0 Å².